The Hall–Kier alpha value is -1.59. The zero-order valence-electron chi connectivity index (χ0n) is 10.2. The van der Waals surface area contributed by atoms with Crippen LogP contribution in [0.4, 0.5) is 4.79 Å². The molecule has 18 heavy (non-hydrogen) atoms. The van der Waals surface area contributed by atoms with E-state index >= 15 is 0 Å². The van der Waals surface area contributed by atoms with Crippen LogP contribution in [0.15, 0.2) is 30.3 Å². The lowest BCUT2D eigenvalue weighted by Gasteiger charge is -2.33. The molecule has 0 radical (unpaired) electrons. The molecule has 0 spiro atoms. The third-order valence-corrected chi connectivity index (χ3v) is 3.08. The molecule has 5 heteroatoms. The standard InChI is InChI=1S/C13H18N2O3/c14-11-8-15(7-6-12(11)16)13(17)18-9-10-4-2-1-3-5-10/h1-5,11-12,16H,6-9,14H2/t11-,12+/m0/s1. The minimum atomic E-state index is -0.525. The number of rotatable bonds is 2. The molecule has 98 valence electrons. The van der Waals surface area contributed by atoms with Gasteiger partial charge in [0.05, 0.1) is 6.10 Å². The van der Waals surface area contributed by atoms with Gasteiger partial charge in [0.25, 0.3) is 0 Å². The Morgan fingerprint density at radius 1 is 1.44 bits per heavy atom. The topological polar surface area (TPSA) is 75.8 Å². The molecule has 0 unspecified atom stereocenters. The summed E-state index contributed by atoms with van der Waals surface area (Å²) >= 11 is 0. The molecule has 1 heterocycles. The molecule has 1 aliphatic heterocycles. The molecular weight excluding hydrogens is 232 g/mol. The van der Waals surface area contributed by atoms with Crippen molar-refractivity contribution in [3.63, 3.8) is 0 Å². The van der Waals surface area contributed by atoms with Crippen LogP contribution in [0.1, 0.15) is 12.0 Å². The van der Waals surface area contributed by atoms with Gasteiger partial charge in [-0.1, -0.05) is 30.3 Å². The first kappa shape index (κ1) is 12.9. The molecule has 2 rings (SSSR count). The normalized spacial score (nSPS) is 23.8. The van der Waals surface area contributed by atoms with Crippen molar-refractivity contribution in [2.45, 2.75) is 25.2 Å². The summed E-state index contributed by atoms with van der Waals surface area (Å²) in [6.07, 6.45) is -0.397. The molecule has 0 aromatic heterocycles. The highest BCUT2D eigenvalue weighted by Gasteiger charge is 2.28. The van der Waals surface area contributed by atoms with Crippen LogP contribution in [0.3, 0.4) is 0 Å². The molecule has 1 amide bonds. The van der Waals surface area contributed by atoms with E-state index in [4.69, 9.17) is 10.5 Å². The van der Waals surface area contributed by atoms with Crippen molar-refractivity contribution in [1.82, 2.24) is 4.90 Å². The van der Waals surface area contributed by atoms with Crippen LogP contribution in [-0.2, 0) is 11.3 Å². The first-order chi connectivity index (χ1) is 8.66. The van der Waals surface area contributed by atoms with Gasteiger partial charge in [-0.25, -0.2) is 4.79 Å². The number of benzene rings is 1. The van der Waals surface area contributed by atoms with E-state index in [1.807, 2.05) is 30.3 Å². The average Bonchev–Trinajstić information content (AvgIpc) is 2.40. The van der Waals surface area contributed by atoms with E-state index in [1.165, 1.54) is 0 Å². The van der Waals surface area contributed by atoms with Crippen molar-refractivity contribution in [2.75, 3.05) is 13.1 Å². The van der Waals surface area contributed by atoms with E-state index in [9.17, 15) is 9.90 Å². The van der Waals surface area contributed by atoms with Gasteiger partial charge >= 0.3 is 6.09 Å². The lowest BCUT2D eigenvalue weighted by Crippen LogP contribution is -2.53. The molecule has 3 N–H and O–H groups in total. The molecule has 0 bridgehead atoms. The van der Waals surface area contributed by atoms with Crippen molar-refractivity contribution in [2.24, 2.45) is 5.73 Å². The minimum absolute atomic E-state index is 0.258. The summed E-state index contributed by atoms with van der Waals surface area (Å²) in [6.45, 7) is 1.09. The Bertz CT molecular complexity index is 396. The second-order valence-electron chi connectivity index (χ2n) is 4.51. The Morgan fingerprint density at radius 3 is 2.83 bits per heavy atom. The van der Waals surface area contributed by atoms with Crippen molar-refractivity contribution >= 4 is 6.09 Å². The third-order valence-electron chi connectivity index (χ3n) is 3.08. The average molecular weight is 250 g/mol. The monoisotopic (exact) mass is 250 g/mol. The Balaban J connectivity index is 1.82. The molecule has 5 nitrogen and oxygen atoms in total. The summed E-state index contributed by atoms with van der Waals surface area (Å²) in [6, 6.07) is 9.13. The Labute approximate surface area is 106 Å². The SMILES string of the molecule is N[C@H]1CN(C(=O)OCc2ccccc2)CC[C@H]1O. The van der Waals surface area contributed by atoms with Crippen molar-refractivity contribution in [3.8, 4) is 0 Å². The van der Waals surface area contributed by atoms with Gasteiger partial charge in [0.2, 0.25) is 0 Å². The molecule has 1 fully saturated rings. The van der Waals surface area contributed by atoms with E-state index in [-0.39, 0.29) is 18.7 Å². The van der Waals surface area contributed by atoms with E-state index in [0.717, 1.165) is 5.56 Å². The Kier molecular flexibility index (Phi) is 4.17. The fraction of sp³-hybridized carbons (Fsp3) is 0.462. The number of aliphatic hydroxyl groups is 1. The molecule has 0 aliphatic carbocycles. The Morgan fingerprint density at radius 2 is 2.17 bits per heavy atom. The first-order valence-corrected chi connectivity index (χ1v) is 6.06. The van der Waals surface area contributed by atoms with Crippen molar-refractivity contribution in [3.05, 3.63) is 35.9 Å². The second-order valence-corrected chi connectivity index (χ2v) is 4.51. The maximum absolute atomic E-state index is 11.8. The summed E-state index contributed by atoms with van der Waals surface area (Å²) in [5, 5.41) is 9.48. The summed E-state index contributed by atoms with van der Waals surface area (Å²) in [4.78, 5) is 13.3. The molecule has 0 saturated carbocycles. The number of piperidine rings is 1. The van der Waals surface area contributed by atoms with Crippen LogP contribution in [0.2, 0.25) is 0 Å². The molecule has 1 aromatic carbocycles. The quantitative estimate of drug-likeness (QED) is 0.811. The largest absolute Gasteiger partial charge is 0.445 e. The fourth-order valence-electron chi connectivity index (χ4n) is 1.95. The number of nitrogens with zero attached hydrogens (tertiary/aromatic N) is 1. The zero-order chi connectivity index (χ0) is 13.0. The predicted octanol–water partition coefficient (Wildman–Crippen LogP) is 0.717. The fourth-order valence-corrected chi connectivity index (χ4v) is 1.95. The minimum Gasteiger partial charge on any atom is -0.445 e. The van der Waals surface area contributed by atoms with E-state index in [2.05, 4.69) is 0 Å². The zero-order valence-corrected chi connectivity index (χ0v) is 10.2. The lowest BCUT2D eigenvalue weighted by atomic mass is 10.0. The molecule has 1 aliphatic rings. The number of hydrogen-bond donors (Lipinski definition) is 2. The highest BCUT2D eigenvalue weighted by molar-refractivity contribution is 5.67. The number of nitrogens with two attached hydrogens (primary N) is 1. The van der Waals surface area contributed by atoms with Crippen LogP contribution in [-0.4, -0.2) is 41.3 Å². The van der Waals surface area contributed by atoms with E-state index in [1.54, 1.807) is 4.90 Å². The van der Waals surface area contributed by atoms with Crippen LogP contribution >= 0.6 is 0 Å². The highest BCUT2D eigenvalue weighted by atomic mass is 16.6. The van der Waals surface area contributed by atoms with Gasteiger partial charge in [0, 0.05) is 19.1 Å². The van der Waals surface area contributed by atoms with Crippen molar-refractivity contribution in [1.29, 1.82) is 0 Å². The molecule has 2 atom stereocenters. The number of hydrogen-bond acceptors (Lipinski definition) is 4. The van der Waals surface area contributed by atoms with Crippen LogP contribution in [0.25, 0.3) is 0 Å². The predicted molar refractivity (Wildman–Crippen MR) is 66.8 cm³/mol. The smallest absolute Gasteiger partial charge is 0.410 e. The molecule has 1 saturated heterocycles. The van der Waals surface area contributed by atoms with Gasteiger partial charge in [-0.15, -0.1) is 0 Å². The van der Waals surface area contributed by atoms with Gasteiger partial charge in [-0.05, 0) is 12.0 Å². The highest BCUT2D eigenvalue weighted by Crippen LogP contribution is 2.11. The van der Waals surface area contributed by atoms with Gasteiger partial charge in [-0.2, -0.15) is 0 Å². The number of carbonyl (C=O) groups excluding carboxylic acids is 1. The summed E-state index contributed by atoms with van der Waals surface area (Å²) in [5.74, 6) is 0. The lowest BCUT2D eigenvalue weighted by molar-refractivity contribution is 0.0441. The second kappa shape index (κ2) is 5.84. The van der Waals surface area contributed by atoms with Crippen LogP contribution in [0.5, 0.6) is 0 Å². The van der Waals surface area contributed by atoms with Crippen LogP contribution in [0, 0.1) is 0 Å². The first-order valence-electron chi connectivity index (χ1n) is 6.06. The van der Waals surface area contributed by atoms with Crippen LogP contribution < -0.4 is 5.73 Å². The maximum Gasteiger partial charge on any atom is 0.410 e. The summed E-state index contributed by atoms with van der Waals surface area (Å²) in [7, 11) is 0. The van der Waals surface area contributed by atoms with Gasteiger partial charge in [0.1, 0.15) is 6.61 Å². The summed E-state index contributed by atoms with van der Waals surface area (Å²) < 4.78 is 5.20. The number of ether oxygens (including phenoxy) is 1. The summed E-state index contributed by atoms with van der Waals surface area (Å²) in [5.41, 5.74) is 6.67. The van der Waals surface area contributed by atoms with Gasteiger partial charge in [0.15, 0.2) is 0 Å². The molecular formula is C13H18N2O3. The number of aliphatic hydroxyl groups excluding tert-OH is 1. The van der Waals surface area contributed by atoms with E-state index in [0.29, 0.717) is 19.5 Å². The van der Waals surface area contributed by atoms with Gasteiger partial charge in [-0.3, -0.25) is 0 Å². The third kappa shape index (κ3) is 3.21. The molecule has 1 aromatic rings. The van der Waals surface area contributed by atoms with E-state index < -0.39 is 6.10 Å². The number of carbonyl (C=O) groups is 1. The van der Waals surface area contributed by atoms with Gasteiger partial charge < -0.3 is 20.5 Å². The number of likely N-dealkylation sites (tertiary alicyclic amines) is 1. The van der Waals surface area contributed by atoms with Crippen molar-refractivity contribution < 1.29 is 14.6 Å². The number of amides is 1. The maximum atomic E-state index is 11.8.